The van der Waals surface area contributed by atoms with Gasteiger partial charge in [-0.05, 0) is 55.3 Å². The lowest BCUT2D eigenvalue weighted by atomic mass is 9.45. The van der Waals surface area contributed by atoms with Gasteiger partial charge < -0.3 is 5.11 Å². The number of Topliss-reactive ketones (excluding diaryl/α,β-unsaturated/α-hetero) is 2. The van der Waals surface area contributed by atoms with E-state index in [1.807, 2.05) is 0 Å². The minimum absolute atomic E-state index is 0.0305. The third-order valence-corrected chi connectivity index (χ3v) is 8.11. The Kier molecular flexibility index (Phi) is 3.15. The molecule has 2 unspecified atom stereocenters. The molecule has 122 valence electrons. The molecular weight excluding hydrogens is 276 g/mol. The lowest BCUT2D eigenvalue weighted by Crippen LogP contribution is -2.57. The summed E-state index contributed by atoms with van der Waals surface area (Å²) >= 11 is 0. The summed E-state index contributed by atoms with van der Waals surface area (Å²) in [5.41, 5.74) is -0.158. The second kappa shape index (κ2) is 4.66. The molecule has 0 aromatic rings. The van der Waals surface area contributed by atoms with E-state index in [1.54, 1.807) is 0 Å². The Bertz CT molecular complexity index is 527. The van der Waals surface area contributed by atoms with Gasteiger partial charge >= 0.3 is 0 Å². The third-order valence-electron chi connectivity index (χ3n) is 8.11. The lowest BCUT2D eigenvalue weighted by Gasteiger charge is -2.58. The molecule has 3 nitrogen and oxygen atoms in total. The summed E-state index contributed by atoms with van der Waals surface area (Å²) in [6, 6.07) is 0. The molecule has 4 rings (SSSR count). The molecule has 4 aliphatic rings. The highest BCUT2D eigenvalue weighted by molar-refractivity contribution is 5.85. The molecule has 4 fully saturated rings. The van der Waals surface area contributed by atoms with Crippen LogP contribution in [0.2, 0.25) is 0 Å². The summed E-state index contributed by atoms with van der Waals surface area (Å²) in [5, 5.41) is 10.4. The summed E-state index contributed by atoms with van der Waals surface area (Å²) in [6.45, 7) is 4.43. The van der Waals surface area contributed by atoms with Crippen LogP contribution in [0.15, 0.2) is 0 Å². The molecular formula is C19H28O3. The molecule has 0 heterocycles. The van der Waals surface area contributed by atoms with Gasteiger partial charge in [0.05, 0.1) is 6.10 Å². The van der Waals surface area contributed by atoms with Crippen LogP contribution in [0.25, 0.3) is 0 Å². The first-order chi connectivity index (χ1) is 10.4. The second-order valence-corrected chi connectivity index (χ2v) is 9.01. The standard InChI is InChI=1S/C19H28O3/c1-18-8-7-12(20)9-11(18)3-4-13-14-5-6-16(22)19(14,2)10-15(21)17(13)18/h11,13-14,16-17,22H,3-10H2,1-2H3/t11?,13-,14-,16?,17+,18-,19-/m0/s1. The number of hydrogen-bond acceptors (Lipinski definition) is 3. The maximum atomic E-state index is 13.1. The van der Waals surface area contributed by atoms with E-state index in [0.717, 1.165) is 32.1 Å². The van der Waals surface area contributed by atoms with Gasteiger partial charge in [0.25, 0.3) is 0 Å². The van der Waals surface area contributed by atoms with E-state index in [2.05, 4.69) is 13.8 Å². The van der Waals surface area contributed by atoms with E-state index >= 15 is 0 Å². The Labute approximate surface area is 132 Å². The number of aliphatic hydroxyl groups is 1. The van der Waals surface area contributed by atoms with E-state index in [9.17, 15) is 14.7 Å². The highest BCUT2D eigenvalue weighted by Gasteiger charge is 2.63. The Morgan fingerprint density at radius 2 is 1.82 bits per heavy atom. The van der Waals surface area contributed by atoms with Gasteiger partial charge in [0.1, 0.15) is 11.6 Å². The van der Waals surface area contributed by atoms with Crippen molar-refractivity contribution in [3.63, 3.8) is 0 Å². The van der Waals surface area contributed by atoms with Crippen LogP contribution < -0.4 is 0 Å². The van der Waals surface area contributed by atoms with E-state index < -0.39 is 0 Å². The topological polar surface area (TPSA) is 54.4 Å². The van der Waals surface area contributed by atoms with Gasteiger partial charge in [0.15, 0.2) is 0 Å². The van der Waals surface area contributed by atoms with Gasteiger partial charge in [-0.3, -0.25) is 9.59 Å². The van der Waals surface area contributed by atoms with Gasteiger partial charge in [0.2, 0.25) is 0 Å². The zero-order chi connectivity index (χ0) is 15.7. The maximum absolute atomic E-state index is 13.1. The Morgan fingerprint density at radius 1 is 1.05 bits per heavy atom. The van der Waals surface area contributed by atoms with Crippen LogP contribution >= 0.6 is 0 Å². The molecule has 0 aliphatic heterocycles. The number of rotatable bonds is 0. The molecule has 0 bridgehead atoms. The van der Waals surface area contributed by atoms with Crippen molar-refractivity contribution in [2.75, 3.05) is 0 Å². The van der Waals surface area contributed by atoms with E-state index in [-0.39, 0.29) is 22.9 Å². The molecule has 0 aromatic heterocycles. The van der Waals surface area contributed by atoms with Gasteiger partial charge in [-0.1, -0.05) is 13.8 Å². The SMILES string of the molecule is C[C@]12CCC(=O)CC1CC[C@@H]1[C@@H]2C(=O)C[C@]2(C)C(O)CC[C@@H]12. The zero-order valence-corrected chi connectivity index (χ0v) is 13.8. The van der Waals surface area contributed by atoms with Crippen LogP contribution in [0, 0.1) is 34.5 Å². The zero-order valence-electron chi connectivity index (χ0n) is 13.8. The molecule has 4 saturated carbocycles. The van der Waals surface area contributed by atoms with Crippen LogP contribution in [-0.4, -0.2) is 22.8 Å². The van der Waals surface area contributed by atoms with Gasteiger partial charge in [0, 0.05) is 30.6 Å². The van der Waals surface area contributed by atoms with Crippen LogP contribution in [-0.2, 0) is 9.59 Å². The fourth-order valence-electron chi connectivity index (χ4n) is 6.83. The summed E-state index contributed by atoms with van der Waals surface area (Å²) in [5.74, 6) is 2.27. The predicted octanol–water partition coefficient (Wildman–Crippen LogP) is 3.14. The first-order valence-corrected chi connectivity index (χ1v) is 9.09. The molecule has 3 heteroatoms. The van der Waals surface area contributed by atoms with E-state index in [1.165, 1.54) is 0 Å². The molecule has 4 aliphatic carbocycles. The van der Waals surface area contributed by atoms with Crippen molar-refractivity contribution in [1.82, 2.24) is 0 Å². The average Bonchev–Trinajstić information content (AvgIpc) is 2.75. The molecule has 22 heavy (non-hydrogen) atoms. The summed E-state index contributed by atoms with van der Waals surface area (Å²) in [7, 11) is 0. The first kappa shape index (κ1) is 14.9. The number of aliphatic hydroxyl groups excluding tert-OH is 1. The number of ketones is 2. The second-order valence-electron chi connectivity index (χ2n) is 9.01. The van der Waals surface area contributed by atoms with Crippen molar-refractivity contribution < 1.29 is 14.7 Å². The van der Waals surface area contributed by atoms with Crippen molar-refractivity contribution in [2.45, 2.75) is 71.3 Å². The van der Waals surface area contributed by atoms with Gasteiger partial charge in [-0.25, -0.2) is 0 Å². The normalized spacial score (nSPS) is 54.6. The monoisotopic (exact) mass is 304 g/mol. The maximum Gasteiger partial charge on any atom is 0.137 e. The Hall–Kier alpha value is -0.700. The van der Waals surface area contributed by atoms with Crippen molar-refractivity contribution in [3.8, 4) is 0 Å². The van der Waals surface area contributed by atoms with Crippen LogP contribution in [0.4, 0.5) is 0 Å². The average molecular weight is 304 g/mol. The summed E-state index contributed by atoms with van der Waals surface area (Å²) in [4.78, 5) is 24.9. The fraction of sp³-hybridized carbons (Fsp3) is 0.895. The van der Waals surface area contributed by atoms with Crippen LogP contribution in [0.5, 0.6) is 0 Å². The minimum Gasteiger partial charge on any atom is -0.393 e. The summed E-state index contributed by atoms with van der Waals surface area (Å²) in [6.07, 6.45) is 6.61. The Balaban J connectivity index is 1.71. The van der Waals surface area contributed by atoms with Crippen LogP contribution in [0.3, 0.4) is 0 Å². The number of carbonyl (C=O) groups is 2. The highest BCUT2D eigenvalue weighted by Crippen LogP contribution is 2.64. The number of carbonyl (C=O) groups excluding carboxylic acids is 2. The molecule has 7 atom stereocenters. The highest BCUT2D eigenvalue weighted by atomic mass is 16.3. The smallest absolute Gasteiger partial charge is 0.137 e. The van der Waals surface area contributed by atoms with Crippen LogP contribution in [0.1, 0.15) is 65.2 Å². The molecule has 0 spiro atoms. The van der Waals surface area contributed by atoms with Crippen molar-refractivity contribution in [1.29, 1.82) is 0 Å². The van der Waals surface area contributed by atoms with E-state index in [4.69, 9.17) is 0 Å². The number of hydrogen-bond donors (Lipinski definition) is 1. The van der Waals surface area contributed by atoms with Crippen molar-refractivity contribution in [2.24, 2.45) is 34.5 Å². The van der Waals surface area contributed by atoms with Crippen molar-refractivity contribution in [3.05, 3.63) is 0 Å². The Morgan fingerprint density at radius 3 is 2.59 bits per heavy atom. The third kappa shape index (κ3) is 1.78. The lowest BCUT2D eigenvalue weighted by molar-refractivity contribution is -0.162. The van der Waals surface area contributed by atoms with Crippen molar-refractivity contribution >= 4 is 11.6 Å². The first-order valence-electron chi connectivity index (χ1n) is 9.09. The largest absolute Gasteiger partial charge is 0.393 e. The molecule has 0 saturated heterocycles. The summed E-state index contributed by atoms with van der Waals surface area (Å²) < 4.78 is 0. The van der Waals surface area contributed by atoms with E-state index in [0.29, 0.717) is 48.6 Å². The predicted molar refractivity (Wildman–Crippen MR) is 83.1 cm³/mol. The minimum atomic E-state index is -0.305. The number of fused-ring (bicyclic) bond motifs is 5. The van der Waals surface area contributed by atoms with Gasteiger partial charge in [-0.2, -0.15) is 0 Å². The molecule has 0 amide bonds. The molecule has 1 N–H and O–H groups in total. The molecule has 0 radical (unpaired) electrons. The quantitative estimate of drug-likeness (QED) is 0.748. The van der Waals surface area contributed by atoms with Gasteiger partial charge in [-0.15, -0.1) is 0 Å². The fourth-order valence-corrected chi connectivity index (χ4v) is 6.83. The molecule has 0 aromatic carbocycles.